The van der Waals surface area contributed by atoms with Crippen LogP contribution in [0.4, 0.5) is 0 Å². The molecule has 2 aromatic heterocycles. The van der Waals surface area contributed by atoms with Crippen LogP contribution in [-0.4, -0.2) is 15.5 Å². The third-order valence-electron chi connectivity index (χ3n) is 4.22. The molecule has 7 heteroatoms. The summed E-state index contributed by atoms with van der Waals surface area (Å²) in [5.74, 6) is -0.264. The number of thiophene rings is 1. The Morgan fingerprint density at radius 3 is 2.80 bits per heavy atom. The van der Waals surface area contributed by atoms with E-state index in [1.165, 1.54) is 22.2 Å². The maximum atomic E-state index is 12.6. The Hall–Kier alpha value is -2.18. The summed E-state index contributed by atoms with van der Waals surface area (Å²) in [5, 5.41) is 4.06. The topological polar surface area (TPSA) is 64.0 Å². The van der Waals surface area contributed by atoms with Crippen LogP contribution in [0.1, 0.15) is 29.0 Å². The molecule has 3 rings (SSSR count). The molecule has 0 aliphatic rings. The molecule has 0 spiro atoms. The van der Waals surface area contributed by atoms with Crippen LogP contribution in [0.2, 0.25) is 5.02 Å². The zero-order chi connectivity index (χ0) is 18.1. The largest absolute Gasteiger partial charge is 0.348 e. The maximum absolute atomic E-state index is 12.6. The molecular formula is C18H18ClN3O2S. The number of carbonyl (C=O) groups is 1. The first-order chi connectivity index (χ1) is 11.9. The second-order valence-corrected chi connectivity index (χ2v) is 7.56. The van der Waals surface area contributed by atoms with E-state index in [-0.39, 0.29) is 24.1 Å². The average molecular weight is 376 g/mol. The number of aryl methyl sites for hydroxylation is 2. The van der Waals surface area contributed by atoms with Gasteiger partial charge in [-0.25, -0.2) is 4.98 Å². The highest BCUT2D eigenvalue weighted by molar-refractivity contribution is 7.18. The second-order valence-electron chi connectivity index (χ2n) is 5.95. The minimum Gasteiger partial charge on any atom is -0.348 e. The van der Waals surface area contributed by atoms with Gasteiger partial charge in [0.2, 0.25) is 5.91 Å². The Bertz CT molecular complexity index is 1010. The molecular weight excluding hydrogens is 358 g/mol. The van der Waals surface area contributed by atoms with Crippen molar-refractivity contribution in [2.24, 2.45) is 0 Å². The Kier molecular flexibility index (Phi) is 4.92. The summed E-state index contributed by atoms with van der Waals surface area (Å²) in [4.78, 5) is 31.1. The second kappa shape index (κ2) is 6.98. The number of benzene rings is 1. The van der Waals surface area contributed by atoms with Crippen molar-refractivity contribution in [3.05, 3.63) is 62.0 Å². The van der Waals surface area contributed by atoms with Crippen LogP contribution >= 0.6 is 22.9 Å². The molecule has 1 unspecified atom stereocenters. The summed E-state index contributed by atoms with van der Waals surface area (Å²) in [6.45, 7) is 5.64. The molecule has 1 amide bonds. The Morgan fingerprint density at radius 2 is 2.08 bits per heavy atom. The fraction of sp³-hybridized carbons (Fsp3) is 0.278. The molecule has 0 saturated carbocycles. The number of hydrogen-bond donors (Lipinski definition) is 1. The molecule has 1 N–H and O–H groups in total. The number of aromatic nitrogens is 2. The Labute approximate surface area is 154 Å². The minimum absolute atomic E-state index is 0.0785. The molecule has 1 aromatic carbocycles. The molecule has 0 bridgehead atoms. The highest BCUT2D eigenvalue weighted by Crippen LogP contribution is 2.25. The van der Waals surface area contributed by atoms with E-state index in [2.05, 4.69) is 10.3 Å². The quantitative estimate of drug-likeness (QED) is 0.757. The first kappa shape index (κ1) is 17.6. The predicted octanol–water partition coefficient (Wildman–Crippen LogP) is 3.61. The van der Waals surface area contributed by atoms with Gasteiger partial charge in [0.25, 0.3) is 5.56 Å². The van der Waals surface area contributed by atoms with Crippen molar-refractivity contribution in [3.8, 4) is 0 Å². The number of halogens is 1. The average Bonchev–Trinajstić information content (AvgIpc) is 2.85. The highest BCUT2D eigenvalue weighted by Gasteiger charge is 2.16. The van der Waals surface area contributed by atoms with Gasteiger partial charge in [0.1, 0.15) is 11.4 Å². The molecule has 0 saturated heterocycles. The van der Waals surface area contributed by atoms with Crippen molar-refractivity contribution in [1.29, 1.82) is 0 Å². The molecule has 2 heterocycles. The molecule has 25 heavy (non-hydrogen) atoms. The summed E-state index contributed by atoms with van der Waals surface area (Å²) < 4.78 is 1.34. The van der Waals surface area contributed by atoms with Crippen LogP contribution in [0.3, 0.4) is 0 Å². The molecule has 1 atom stereocenters. The summed E-state index contributed by atoms with van der Waals surface area (Å²) >= 11 is 7.65. The summed E-state index contributed by atoms with van der Waals surface area (Å²) in [6.07, 6.45) is 1.43. The van der Waals surface area contributed by atoms with Crippen LogP contribution in [0.25, 0.3) is 10.2 Å². The van der Waals surface area contributed by atoms with E-state index in [1.54, 1.807) is 6.07 Å². The van der Waals surface area contributed by atoms with E-state index in [4.69, 9.17) is 11.6 Å². The summed E-state index contributed by atoms with van der Waals surface area (Å²) in [6, 6.07) is 7.10. The lowest BCUT2D eigenvalue weighted by atomic mass is 10.1. The molecule has 130 valence electrons. The van der Waals surface area contributed by atoms with Gasteiger partial charge >= 0.3 is 0 Å². The number of hydrogen-bond acceptors (Lipinski definition) is 4. The highest BCUT2D eigenvalue weighted by atomic mass is 35.5. The molecule has 0 aliphatic heterocycles. The summed E-state index contributed by atoms with van der Waals surface area (Å²) in [5.41, 5.74) is 1.58. The molecule has 3 aromatic rings. The Morgan fingerprint density at radius 1 is 1.36 bits per heavy atom. The lowest BCUT2D eigenvalue weighted by Crippen LogP contribution is -2.34. The van der Waals surface area contributed by atoms with Gasteiger partial charge in [-0.3, -0.25) is 14.2 Å². The number of carbonyl (C=O) groups excluding carboxylic acids is 1. The first-order valence-corrected chi connectivity index (χ1v) is 9.07. The van der Waals surface area contributed by atoms with Gasteiger partial charge < -0.3 is 5.32 Å². The molecule has 0 fully saturated rings. The van der Waals surface area contributed by atoms with Crippen molar-refractivity contribution >= 4 is 39.1 Å². The van der Waals surface area contributed by atoms with Crippen LogP contribution in [0.5, 0.6) is 0 Å². The van der Waals surface area contributed by atoms with Gasteiger partial charge in [-0.05, 0) is 38.0 Å². The van der Waals surface area contributed by atoms with Crippen molar-refractivity contribution in [2.75, 3.05) is 0 Å². The van der Waals surface area contributed by atoms with Crippen LogP contribution in [0.15, 0.2) is 35.4 Å². The van der Waals surface area contributed by atoms with E-state index in [0.29, 0.717) is 15.2 Å². The standard InChI is InChI=1S/C18H18ClN3O2S/c1-10-12(3)25-17-16(10)18(24)22(9-20-17)8-15(23)21-11(2)13-6-4-5-7-14(13)19/h4-7,9,11H,8H2,1-3H3,(H,21,23). The van der Waals surface area contributed by atoms with Gasteiger partial charge in [0, 0.05) is 9.90 Å². The smallest absolute Gasteiger partial charge is 0.262 e. The van der Waals surface area contributed by atoms with E-state index < -0.39 is 0 Å². The first-order valence-electron chi connectivity index (χ1n) is 7.87. The number of rotatable bonds is 4. The normalized spacial score (nSPS) is 12.3. The summed E-state index contributed by atoms with van der Waals surface area (Å²) in [7, 11) is 0. The zero-order valence-electron chi connectivity index (χ0n) is 14.2. The predicted molar refractivity (Wildman–Crippen MR) is 101 cm³/mol. The van der Waals surface area contributed by atoms with Crippen LogP contribution < -0.4 is 10.9 Å². The van der Waals surface area contributed by atoms with E-state index in [1.807, 2.05) is 39.0 Å². The maximum Gasteiger partial charge on any atom is 0.262 e. The van der Waals surface area contributed by atoms with Gasteiger partial charge in [0.05, 0.1) is 17.8 Å². The van der Waals surface area contributed by atoms with Crippen molar-refractivity contribution in [3.63, 3.8) is 0 Å². The van der Waals surface area contributed by atoms with Gasteiger partial charge in [0.15, 0.2) is 0 Å². The van der Waals surface area contributed by atoms with Gasteiger partial charge in [-0.2, -0.15) is 0 Å². The zero-order valence-corrected chi connectivity index (χ0v) is 15.7. The number of nitrogens with one attached hydrogen (secondary N) is 1. The van der Waals surface area contributed by atoms with E-state index in [0.717, 1.165) is 16.0 Å². The third-order valence-corrected chi connectivity index (χ3v) is 5.68. The lowest BCUT2D eigenvalue weighted by molar-refractivity contribution is -0.122. The fourth-order valence-electron chi connectivity index (χ4n) is 2.73. The van der Waals surface area contributed by atoms with Crippen LogP contribution in [0, 0.1) is 13.8 Å². The molecule has 5 nitrogen and oxygen atoms in total. The van der Waals surface area contributed by atoms with E-state index >= 15 is 0 Å². The SMILES string of the molecule is Cc1sc2ncn(CC(=O)NC(C)c3ccccc3Cl)c(=O)c2c1C. The van der Waals surface area contributed by atoms with Crippen molar-refractivity contribution in [2.45, 2.75) is 33.4 Å². The third kappa shape index (κ3) is 3.45. The Balaban J connectivity index is 1.81. The minimum atomic E-state index is -0.264. The van der Waals surface area contributed by atoms with Gasteiger partial charge in [-0.15, -0.1) is 11.3 Å². The van der Waals surface area contributed by atoms with Crippen molar-refractivity contribution in [1.82, 2.24) is 14.9 Å². The number of nitrogens with zero attached hydrogens (tertiary/aromatic N) is 2. The van der Waals surface area contributed by atoms with Crippen LogP contribution in [-0.2, 0) is 11.3 Å². The molecule has 0 radical (unpaired) electrons. The van der Waals surface area contributed by atoms with Crippen molar-refractivity contribution < 1.29 is 4.79 Å². The van der Waals surface area contributed by atoms with E-state index in [9.17, 15) is 9.59 Å². The van der Waals surface area contributed by atoms with Gasteiger partial charge in [-0.1, -0.05) is 29.8 Å². The monoisotopic (exact) mass is 375 g/mol. The molecule has 0 aliphatic carbocycles. The number of fused-ring (bicyclic) bond motifs is 1. The fourth-order valence-corrected chi connectivity index (χ4v) is 4.02. The number of amides is 1. The lowest BCUT2D eigenvalue weighted by Gasteiger charge is -2.16.